The monoisotopic (exact) mass is 335 g/mol. The number of carbonyl (C=O) groups is 1. The van der Waals surface area contributed by atoms with Crippen molar-refractivity contribution in [3.05, 3.63) is 65.8 Å². The van der Waals surface area contributed by atoms with Crippen molar-refractivity contribution in [2.24, 2.45) is 10.9 Å². The molecule has 130 valence electrons. The maximum Gasteiger partial charge on any atom is 0.331 e. The molecule has 0 radical (unpaired) electrons. The molecule has 0 bridgehead atoms. The number of benzene rings is 1. The van der Waals surface area contributed by atoms with Crippen LogP contribution in [0.4, 0.5) is 5.69 Å². The van der Waals surface area contributed by atoms with Gasteiger partial charge in [0.1, 0.15) is 6.10 Å². The molecule has 1 aromatic carbocycles. The summed E-state index contributed by atoms with van der Waals surface area (Å²) >= 11 is 0. The number of nitrogens with zero attached hydrogens (tertiary/aromatic N) is 1. The SMILES string of the molecule is CC1CCC=C(/C=C/C(=O)O[C@H](C)/C=C\C2=Nc3ccccc3C2)C1. The second-order valence-corrected chi connectivity index (χ2v) is 6.91. The standard InChI is InChI=1S/C22H25NO2/c1-16-6-5-7-18(14-16)11-13-22(24)25-17(2)10-12-20-15-19-8-3-4-9-21(19)23-20/h3-4,7-13,16-17H,5-6,14-15H2,1-2H3/b12-10-,13-11+/t16?,17-/m1/s1. The number of hydrogen-bond acceptors (Lipinski definition) is 3. The third kappa shape index (κ3) is 5.02. The van der Waals surface area contributed by atoms with Crippen molar-refractivity contribution in [3.8, 4) is 0 Å². The van der Waals surface area contributed by atoms with Crippen molar-refractivity contribution in [1.29, 1.82) is 0 Å². The average molecular weight is 335 g/mol. The number of para-hydroxylation sites is 1. The largest absolute Gasteiger partial charge is 0.455 e. The molecule has 3 nitrogen and oxygen atoms in total. The Labute approximate surface area is 149 Å². The maximum atomic E-state index is 12.0. The number of aliphatic imine (C=N–C) groups is 1. The lowest BCUT2D eigenvalue weighted by molar-refractivity contribution is -0.140. The van der Waals surface area contributed by atoms with E-state index in [-0.39, 0.29) is 12.1 Å². The van der Waals surface area contributed by atoms with Gasteiger partial charge in [-0.05, 0) is 55.9 Å². The lowest BCUT2D eigenvalue weighted by atomic mass is 9.90. The normalized spacial score (nSPS) is 21.1. The summed E-state index contributed by atoms with van der Waals surface area (Å²) in [4.78, 5) is 16.5. The van der Waals surface area contributed by atoms with Crippen molar-refractivity contribution in [3.63, 3.8) is 0 Å². The number of esters is 1. The molecule has 1 aliphatic carbocycles. The van der Waals surface area contributed by atoms with E-state index >= 15 is 0 Å². The fourth-order valence-electron chi connectivity index (χ4n) is 3.22. The Morgan fingerprint density at radius 2 is 2.16 bits per heavy atom. The molecular formula is C22H25NO2. The first-order chi connectivity index (χ1) is 12.1. The summed E-state index contributed by atoms with van der Waals surface area (Å²) < 4.78 is 5.41. The van der Waals surface area contributed by atoms with Crippen molar-refractivity contribution in [1.82, 2.24) is 0 Å². The van der Waals surface area contributed by atoms with E-state index in [1.54, 1.807) is 0 Å². The van der Waals surface area contributed by atoms with Gasteiger partial charge in [0.25, 0.3) is 0 Å². The van der Waals surface area contributed by atoms with Gasteiger partial charge in [-0.2, -0.15) is 0 Å². The predicted octanol–water partition coefficient (Wildman–Crippen LogP) is 5.11. The number of hydrogen-bond donors (Lipinski definition) is 0. The smallest absolute Gasteiger partial charge is 0.331 e. The Kier molecular flexibility index (Phi) is 5.64. The zero-order valence-electron chi connectivity index (χ0n) is 14.9. The lowest BCUT2D eigenvalue weighted by Crippen LogP contribution is -2.11. The van der Waals surface area contributed by atoms with Gasteiger partial charge in [-0.15, -0.1) is 0 Å². The van der Waals surface area contributed by atoms with Crippen LogP contribution in [0.2, 0.25) is 0 Å². The highest BCUT2D eigenvalue weighted by molar-refractivity contribution is 6.02. The average Bonchev–Trinajstić information content (AvgIpc) is 3.01. The van der Waals surface area contributed by atoms with Gasteiger partial charge in [-0.3, -0.25) is 4.99 Å². The topological polar surface area (TPSA) is 38.7 Å². The van der Waals surface area contributed by atoms with Crippen LogP contribution < -0.4 is 0 Å². The molecule has 25 heavy (non-hydrogen) atoms. The third-order valence-corrected chi connectivity index (χ3v) is 4.57. The summed E-state index contributed by atoms with van der Waals surface area (Å²) in [6, 6.07) is 8.13. The van der Waals surface area contributed by atoms with Crippen molar-refractivity contribution < 1.29 is 9.53 Å². The molecule has 0 spiro atoms. The van der Waals surface area contributed by atoms with Gasteiger partial charge in [0.05, 0.1) is 5.69 Å². The highest BCUT2D eigenvalue weighted by Gasteiger charge is 2.12. The molecule has 0 N–H and O–H groups in total. The Bertz CT molecular complexity index is 755. The van der Waals surface area contributed by atoms with Gasteiger partial charge < -0.3 is 4.74 Å². The minimum Gasteiger partial charge on any atom is -0.455 e. The van der Waals surface area contributed by atoms with Gasteiger partial charge in [0, 0.05) is 18.2 Å². The van der Waals surface area contributed by atoms with E-state index in [0.29, 0.717) is 5.92 Å². The zero-order chi connectivity index (χ0) is 17.6. The van der Waals surface area contributed by atoms with Crippen molar-refractivity contribution in [2.45, 2.75) is 45.6 Å². The van der Waals surface area contributed by atoms with E-state index in [2.05, 4.69) is 24.1 Å². The zero-order valence-corrected chi connectivity index (χ0v) is 14.9. The number of carbonyl (C=O) groups excluding carboxylic acids is 1. The fourth-order valence-corrected chi connectivity index (χ4v) is 3.22. The summed E-state index contributed by atoms with van der Waals surface area (Å²) in [6.07, 6.45) is 13.4. The highest BCUT2D eigenvalue weighted by Crippen LogP contribution is 2.26. The van der Waals surface area contributed by atoms with Crippen LogP contribution in [0, 0.1) is 5.92 Å². The van der Waals surface area contributed by atoms with Gasteiger partial charge >= 0.3 is 5.97 Å². The molecule has 0 saturated heterocycles. The molecule has 1 aliphatic heterocycles. The predicted molar refractivity (Wildman–Crippen MR) is 102 cm³/mol. The number of fused-ring (bicyclic) bond motifs is 1. The van der Waals surface area contributed by atoms with E-state index in [0.717, 1.165) is 30.7 Å². The quantitative estimate of drug-likeness (QED) is 0.554. The van der Waals surface area contributed by atoms with E-state index in [1.165, 1.54) is 23.6 Å². The van der Waals surface area contributed by atoms with Crippen LogP contribution in [0.1, 0.15) is 38.7 Å². The molecule has 1 unspecified atom stereocenters. The van der Waals surface area contributed by atoms with Gasteiger partial charge in [0.15, 0.2) is 0 Å². The third-order valence-electron chi connectivity index (χ3n) is 4.57. The number of rotatable bonds is 5. The summed E-state index contributed by atoms with van der Waals surface area (Å²) in [5, 5.41) is 0. The first kappa shape index (κ1) is 17.4. The van der Waals surface area contributed by atoms with Crippen LogP contribution in [0.5, 0.6) is 0 Å². The van der Waals surface area contributed by atoms with Crippen LogP contribution in [0.15, 0.2) is 65.2 Å². The second kappa shape index (κ2) is 8.11. The molecule has 3 rings (SSSR count). The number of ether oxygens (including phenoxy) is 1. The highest BCUT2D eigenvalue weighted by atomic mass is 16.5. The van der Waals surface area contributed by atoms with Gasteiger partial charge in [-0.1, -0.05) is 42.8 Å². The van der Waals surface area contributed by atoms with E-state index in [1.807, 2.05) is 43.4 Å². The van der Waals surface area contributed by atoms with Crippen molar-refractivity contribution >= 4 is 17.4 Å². The van der Waals surface area contributed by atoms with Crippen LogP contribution in [-0.4, -0.2) is 17.8 Å². The summed E-state index contributed by atoms with van der Waals surface area (Å²) in [7, 11) is 0. The molecular weight excluding hydrogens is 310 g/mol. The fraction of sp³-hybridized carbons (Fsp3) is 0.364. The second-order valence-electron chi connectivity index (χ2n) is 6.91. The Balaban J connectivity index is 1.48. The van der Waals surface area contributed by atoms with E-state index in [9.17, 15) is 4.79 Å². The minimum atomic E-state index is -0.298. The van der Waals surface area contributed by atoms with Crippen LogP contribution >= 0.6 is 0 Å². The molecule has 3 heteroatoms. The minimum absolute atomic E-state index is 0.275. The van der Waals surface area contributed by atoms with Gasteiger partial charge in [-0.25, -0.2) is 4.79 Å². The summed E-state index contributed by atoms with van der Waals surface area (Å²) in [6.45, 7) is 4.11. The van der Waals surface area contributed by atoms with Gasteiger partial charge in [0.2, 0.25) is 0 Å². The Hall–Kier alpha value is -2.42. The molecule has 1 aromatic rings. The molecule has 0 fully saturated rings. The van der Waals surface area contributed by atoms with E-state index < -0.39 is 0 Å². The van der Waals surface area contributed by atoms with Crippen LogP contribution in [-0.2, 0) is 16.0 Å². The Morgan fingerprint density at radius 3 is 2.96 bits per heavy atom. The molecule has 0 saturated carbocycles. The molecule has 1 heterocycles. The van der Waals surface area contributed by atoms with Crippen molar-refractivity contribution in [2.75, 3.05) is 0 Å². The molecule has 2 atom stereocenters. The summed E-state index contributed by atoms with van der Waals surface area (Å²) in [5.41, 5.74) is 4.51. The summed E-state index contributed by atoms with van der Waals surface area (Å²) in [5.74, 6) is 0.395. The number of allylic oxidation sites excluding steroid dienone is 4. The first-order valence-corrected chi connectivity index (χ1v) is 9.01. The first-order valence-electron chi connectivity index (χ1n) is 9.01. The maximum absolute atomic E-state index is 12.0. The molecule has 2 aliphatic rings. The Morgan fingerprint density at radius 1 is 1.32 bits per heavy atom. The molecule has 0 aromatic heterocycles. The molecule has 0 amide bonds. The van der Waals surface area contributed by atoms with Crippen LogP contribution in [0.3, 0.4) is 0 Å². The lowest BCUT2D eigenvalue weighted by Gasteiger charge is -2.16. The van der Waals surface area contributed by atoms with E-state index in [4.69, 9.17) is 4.74 Å². The van der Waals surface area contributed by atoms with Crippen LogP contribution in [0.25, 0.3) is 0 Å².